The molecule has 0 aromatic heterocycles. The average Bonchev–Trinajstić information content (AvgIpc) is 3.14. The number of nitrogens with zero attached hydrogens (tertiary/aromatic N) is 1. The van der Waals surface area contributed by atoms with Crippen LogP contribution in [0.2, 0.25) is 0 Å². The van der Waals surface area contributed by atoms with Crippen molar-refractivity contribution in [1.29, 1.82) is 0 Å². The second-order valence-electron chi connectivity index (χ2n) is 6.77. The second kappa shape index (κ2) is 8.12. The molecule has 142 valence electrons. The molecule has 2 aromatic rings. The first kappa shape index (κ1) is 18.8. The molecule has 1 fully saturated rings. The van der Waals surface area contributed by atoms with E-state index in [-0.39, 0.29) is 18.0 Å². The van der Waals surface area contributed by atoms with Crippen LogP contribution in [0.4, 0.5) is 16.2 Å². The van der Waals surface area contributed by atoms with E-state index in [0.29, 0.717) is 17.9 Å². The highest BCUT2D eigenvalue weighted by Gasteiger charge is 2.30. The number of ether oxygens (including phenoxy) is 1. The number of hydrogen-bond donors (Lipinski definition) is 2. The minimum atomic E-state index is -0.143. The summed E-state index contributed by atoms with van der Waals surface area (Å²) in [5, 5.41) is 5.74. The van der Waals surface area contributed by atoms with Crippen molar-refractivity contribution in [3.63, 3.8) is 0 Å². The van der Waals surface area contributed by atoms with Gasteiger partial charge in [-0.1, -0.05) is 18.2 Å². The van der Waals surface area contributed by atoms with Crippen LogP contribution in [0.3, 0.4) is 0 Å². The van der Waals surface area contributed by atoms with Crippen molar-refractivity contribution in [3.05, 3.63) is 53.6 Å². The van der Waals surface area contributed by atoms with Gasteiger partial charge in [0.2, 0.25) is 5.91 Å². The lowest BCUT2D eigenvalue weighted by Crippen LogP contribution is -2.34. The molecule has 0 spiro atoms. The summed E-state index contributed by atoms with van der Waals surface area (Å²) in [5.74, 6) is 0.661. The number of hydrogen-bond acceptors (Lipinski definition) is 3. The molecule has 6 heteroatoms. The first-order valence-corrected chi connectivity index (χ1v) is 9.07. The molecule has 2 N–H and O–H groups in total. The number of aryl methyl sites for hydroxylation is 1. The Balaban J connectivity index is 1.75. The quantitative estimate of drug-likeness (QED) is 0.845. The maximum atomic E-state index is 12.9. The number of benzene rings is 2. The molecule has 6 nitrogen and oxygen atoms in total. The molecule has 0 aliphatic carbocycles. The number of rotatable bonds is 4. The molecule has 1 aliphatic heterocycles. The molecule has 1 heterocycles. The summed E-state index contributed by atoms with van der Waals surface area (Å²) in [6, 6.07) is 13.3. The fraction of sp³-hybridized carbons (Fsp3) is 0.333. The van der Waals surface area contributed by atoms with E-state index in [2.05, 4.69) is 10.6 Å². The summed E-state index contributed by atoms with van der Waals surface area (Å²) in [6.45, 7) is 4.10. The summed E-state index contributed by atoms with van der Waals surface area (Å²) in [5.41, 5.74) is 3.41. The zero-order valence-corrected chi connectivity index (χ0v) is 15.9. The number of carbonyl (C=O) groups excluding carboxylic acids is 2. The number of carbonyl (C=O) groups is 2. The fourth-order valence-electron chi connectivity index (χ4n) is 3.41. The van der Waals surface area contributed by atoms with Crippen molar-refractivity contribution in [2.24, 2.45) is 0 Å². The van der Waals surface area contributed by atoms with E-state index in [0.717, 1.165) is 29.7 Å². The van der Waals surface area contributed by atoms with Crippen molar-refractivity contribution < 1.29 is 14.3 Å². The Morgan fingerprint density at radius 1 is 1.11 bits per heavy atom. The Bertz CT molecular complexity index is 833. The molecule has 1 unspecified atom stereocenters. The zero-order chi connectivity index (χ0) is 19.4. The third-order valence-electron chi connectivity index (χ3n) is 4.81. The largest absolute Gasteiger partial charge is 0.497 e. The molecule has 0 saturated carbocycles. The zero-order valence-electron chi connectivity index (χ0n) is 15.9. The van der Waals surface area contributed by atoms with Gasteiger partial charge in [-0.05, 0) is 55.2 Å². The SMILES string of the molecule is COc1ccc(C2CCCN2C(=O)Nc2cc(NC(C)=O)ccc2C)cc1. The standard InChI is InChI=1S/C21H25N3O3/c1-14-6-9-17(22-15(2)25)13-19(14)23-21(26)24-12-4-5-20(24)16-7-10-18(27-3)11-8-16/h6-11,13,20H,4-5,12H2,1-3H3,(H,22,25)(H,23,26). The highest BCUT2D eigenvalue weighted by Crippen LogP contribution is 2.33. The molecular formula is C21H25N3O3. The maximum absolute atomic E-state index is 12.9. The average molecular weight is 367 g/mol. The molecule has 1 saturated heterocycles. The molecule has 1 atom stereocenters. The van der Waals surface area contributed by atoms with Crippen molar-refractivity contribution in [2.75, 3.05) is 24.3 Å². The van der Waals surface area contributed by atoms with Gasteiger partial charge in [-0.3, -0.25) is 4.79 Å². The Kier molecular flexibility index (Phi) is 5.64. The van der Waals surface area contributed by atoms with Gasteiger partial charge < -0.3 is 20.3 Å². The monoisotopic (exact) mass is 367 g/mol. The number of likely N-dealkylation sites (tertiary alicyclic amines) is 1. The predicted molar refractivity (Wildman–Crippen MR) is 106 cm³/mol. The number of methoxy groups -OCH3 is 1. The van der Waals surface area contributed by atoms with Crippen LogP contribution in [-0.4, -0.2) is 30.5 Å². The van der Waals surface area contributed by atoms with Crippen molar-refractivity contribution in [2.45, 2.75) is 32.7 Å². The summed E-state index contributed by atoms with van der Waals surface area (Å²) in [7, 11) is 1.64. The third-order valence-corrected chi connectivity index (χ3v) is 4.81. The van der Waals surface area contributed by atoms with E-state index in [1.807, 2.05) is 48.2 Å². The van der Waals surface area contributed by atoms with Crippen LogP contribution in [-0.2, 0) is 4.79 Å². The fourth-order valence-corrected chi connectivity index (χ4v) is 3.41. The van der Waals surface area contributed by atoms with Gasteiger partial charge in [0.25, 0.3) is 0 Å². The molecule has 3 amide bonds. The third kappa shape index (κ3) is 4.39. The van der Waals surface area contributed by atoms with Crippen LogP contribution in [0.25, 0.3) is 0 Å². The van der Waals surface area contributed by atoms with Gasteiger partial charge in [-0.25, -0.2) is 4.79 Å². The van der Waals surface area contributed by atoms with Gasteiger partial charge in [0.05, 0.1) is 13.2 Å². The minimum Gasteiger partial charge on any atom is -0.497 e. The molecule has 27 heavy (non-hydrogen) atoms. The summed E-state index contributed by atoms with van der Waals surface area (Å²) < 4.78 is 5.21. The number of amides is 3. The minimum absolute atomic E-state index is 0.0507. The van der Waals surface area contributed by atoms with Gasteiger partial charge in [-0.15, -0.1) is 0 Å². The Morgan fingerprint density at radius 3 is 2.52 bits per heavy atom. The van der Waals surface area contributed by atoms with Gasteiger partial charge >= 0.3 is 6.03 Å². The molecule has 0 radical (unpaired) electrons. The molecular weight excluding hydrogens is 342 g/mol. The highest BCUT2D eigenvalue weighted by molar-refractivity contribution is 5.93. The first-order valence-electron chi connectivity index (χ1n) is 9.07. The molecule has 2 aromatic carbocycles. The van der Waals surface area contributed by atoms with Crippen LogP contribution in [0.1, 0.15) is 36.9 Å². The van der Waals surface area contributed by atoms with Gasteiger partial charge in [0, 0.05) is 24.8 Å². The Hall–Kier alpha value is -3.02. The van der Waals surface area contributed by atoms with Crippen LogP contribution < -0.4 is 15.4 Å². The number of urea groups is 1. The Labute approximate surface area is 159 Å². The van der Waals surface area contributed by atoms with E-state index < -0.39 is 0 Å². The van der Waals surface area contributed by atoms with Crippen LogP contribution in [0.15, 0.2) is 42.5 Å². The molecule has 3 rings (SSSR count). The topological polar surface area (TPSA) is 70.7 Å². The maximum Gasteiger partial charge on any atom is 0.322 e. The first-order chi connectivity index (χ1) is 13.0. The van der Waals surface area contributed by atoms with Crippen LogP contribution in [0, 0.1) is 6.92 Å². The summed E-state index contributed by atoms with van der Waals surface area (Å²) >= 11 is 0. The predicted octanol–water partition coefficient (Wildman–Crippen LogP) is 4.33. The highest BCUT2D eigenvalue weighted by atomic mass is 16.5. The lowest BCUT2D eigenvalue weighted by molar-refractivity contribution is -0.114. The smallest absolute Gasteiger partial charge is 0.322 e. The van der Waals surface area contributed by atoms with Crippen LogP contribution >= 0.6 is 0 Å². The lowest BCUT2D eigenvalue weighted by Gasteiger charge is -2.26. The van der Waals surface area contributed by atoms with Crippen molar-refractivity contribution in [1.82, 2.24) is 4.90 Å². The number of nitrogens with one attached hydrogen (secondary N) is 2. The van der Waals surface area contributed by atoms with Crippen molar-refractivity contribution >= 4 is 23.3 Å². The van der Waals surface area contributed by atoms with E-state index in [9.17, 15) is 9.59 Å². The van der Waals surface area contributed by atoms with E-state index in [1.165, 1.54) is 6.92 Å². The normalized spacial score (nSPS) is 16.1. The summed E-state index contributed by atoms with van der Waals surface area (Å²) in [4.78, 5) is 26.0. The van der Waals surface area contributed by atoms with Gasteiger partial charge in [0.15, 0.2) is 0 Å². The van der Waals surface area contributed by atoms with E-state index >= 15 is 0 Å². The molecule has 0 bridgehead atoms. The van der Waals surface area contributed by atoms with Gasteiger partial charge in [-0.2, -0.15) is 0 Å². The molecule has 1 aliphatic rings. The van der Waals surface area contributed by atoms with E-state index in [1.54, 1.807) is 13.2 Å². The number of anilines is 2. The Morgan fingerprint density at radius 2 is 1.85 bits per heavy atom. The van der Waals surface area contributed by atoms with Crippen LogP contribution in [0.5, 0.6) is 5.75 Å². The van der Waals surface area contributed by atoms with Gasteiger partial charge in [0.1, 0.15) is 5.75 Å². The summed E-state index contributed by atoms with van der Waals surface area (Å²) in [6.07, 6.45) is 1.90. The van der Waals surface area contributed by atoms with Crippen molar-refractivity contribution in [3.8, 4) is 5.75 Å². The second-order valence-corrected chi connectivity index (χ2v) is 6.77. The lowest BCUT2D eigenvalue weighted by atomic mass is 10.0. The van der Waals surface area contributed by atoms with E-state index in [4.69, 9.17) is 4.74 Å².